The summed E-state index contributed by atoms with van der Waals surface area (Å²) in [5.74, 6) is 0. The topological polar surface area (TPSA) is 0 Å². The molecule has 0 bridgehead atoms. The molecule has 3 heteroatoms. The lowest BCUT2D eigenvalue weighted by atomic mass is 9.41. The molecule has 2 aromatic carbocycles. The van der Waals surface area contributed by atoms with Crippen LogP contribution in [0.1, 0.15) is 11.1 Å². The van der Waals surface area contributed by atoms with Crippen LogP contribution in [0.15, 0.2) is 71.4 Å². The summed E-state index contributed by atoms with van der Waals surface area (Å²) in [6.45, 7) is 2.70. The third-order valence-electron chi connectivity index (χ3n) is 5.16. The summed E-state index contributed by atoms with van der Waals surface area (Å²) in [5, 5.41) is 4.29. The minimum atomic E-state index is 0.370. The molecule has 0 atom stereocenters. The van der Waals surface area contributed by atoms with Gasteiger partial charge in [-0.15, -0.1) is 22.7 Å². The van der Waals surface area contributed by atoms with Crippen molar-refractivity contribution in [3.05, 3.63) is 82.6 Å². The minimum Gasteiger partial charge on any atom is -0.144 e. The van der Waals surface area contributed by atoms with Crippen molar-refractivity contribution in [2.24, 2.45) is 0 Å². The van der Waals surface area contributed by atoms with Crippen molar-refractivity contribution in [2.45, 2.75) is 6.82 Å². The second-order valence-electron chi connectivity index (χ2n) is 6.70. The monoisotopic (exact) mass is 368 g/mol. The highest BCUT2D eigenvalue weighted by molar-refractivity contribution is 7.13. The summed E-state index contributed by atoms with van der Waals surface area (Å²) in [7, 11) is 0. The Kier molecular flexibility index (Phi) is 3.92. The van der Waals surface area contributed by atoms with Gasteiger partial charge in [0.05, 0.1) is 0 Å². The normalized spacial score (nSPS) is 12.6. The molecular weight excluding hydrogens is 351 g/mol. The van der Waals surface area contributed by atoms with E-state index in [4.69, 9.17) is 0 Å². The molecule has 0 N–H and O–H groups in total. The number of hydrogen-bond acceptors (Lipinski definition) is 2. The molecule has 0 saturated heterocycles. The van der Waals surface area contributed by atoms with Crippen molar-refractivity contribution >= 4 is 52.5 Å². The molecule has 2 aromatic heterocycles. The van der Waals surface area contributed by atoms with Crippen molar-refractivity contribution < 1.29 is 0 Å². The van der Waals surface area contributed by atoms with Crippen molar-refractivity contribution in [1.82, 2.24) is 0 Å². The first-order valence-electron chi connectivity index (χ1n) is 8.83. The van der Waals surface area contributed by atoms with Gasteiger partial charge in [0.1, 0.15) is 0 Å². The molecule has 3 heterocycles. The van der Waals surface area contributed by atoms with E-state index in [1.807, 2.05) is 0 Å². The molecule has 0 amide bonds. The first-order valence-corrected chi connectivity index (χ1v) is 10.6. The van der Waals surface area contributed by atoms with Crippen molar-refractivity contribution in [3.8, 4) is 20.9 Å². The van der Waals surface area contributed by atoms with Crippen LogP contribution in [0.3, 0.4) is 0 Å². The third-order valence-corrected chi connectivity index (χ3v) is 7.00. The smallest absolute Gasteiger partial charge is 0.144 e. The van der Waals surface area contributed by atoms with Crippen LogP contribution in [0.2, 0.25) is 6.82 Å². The van der Waals surface area contributed by atoms with Crippen molar-refractivity contribution in [3.63, 3.8) is 0 Å². The largest absolute Gasteiger partial charge is 0.207 e. The van der Waals surface area contributed by atoms with Gasteiger partial charge in [0.15, 0.2) is 0 Å². The molecule has 0 saturated carbocycles. The summed E-state index contributed by atoms with van der Waals surface area (Å²) in [4.78, 5) is 2.67. The predicted molar refractivity (Wildman–Crippen MR) is 119 cm³/mol. The first-order chi connectivity index (χ1) is 12.8. The van der Waals surface area contributed by atoms with Crippen LogP contribution in [-0.2, 0) is 0 Å². The zero-order chi connectivity index (χ0) is 17.5. The van der Waals surface area contributed by atoms with Gasteiger partial charge in [0.2, 0.25) is 6.71 Å². The summed E-state index contributed by atoms with van der Waals surface area (Å²) in [6, 6.07) is 22.4. The highest BCUT2D eigenvalue weighted by Crippen LogP contribution is 2.27. The highest BCUT2D eigenvalue weighted by Gasteiger charge is 2.22. The number of hydrogen-bond donors (Lipinski definition) is 0. The summed E-state index contributed by atoms with van der Waals surface area (Å²) in [6.07, 6.45) is 4.53. The van der Waals surface area contributed by atoms with E-state index < -0.39 is 0 Å². The molecule has 4 aromatic rings. The van der Waals surface area contributed by atoms with Crippen LogP contribution in [0.5, 0.6) is 0 Å². The first kappa shape index (κ1) is 15.9. The maximum Gasteiger partial charge on any atom is 0.207 e. The maximum atomic E-state index is 2.38. The van der Waals surface area contributed by atoms with E-state index in [9.17, 15) is 0 Å². The fourth-order valence-electron chi connectivity index (χ4n) is 3.74. The van der Waals surface area contributed by atoms with Crippen molar-refractivity contribution in [1.29, 1.82) is 0 Å². The fourth-order valence-corrected chi connectivity index (χ4v) is 5.19. The zero-order valence-electron chi connectivity index (χ0n) is 14.5. The molecule has 0 nitrogen and oxygen atoms in total. The Morgan fingerprint density at radius 3 is 1.58 bits per heavy atom. The molecule has 0 spiro atoms. The average molecular weight is 368 g/mol. The van der Waals surface area contributed by atoms with E-state index in [0.29, 0.717) is 6.71 Å². The second-order valence-corrected chi connectivity index (χ2v) is 8.59. The van der Waals surface area contributed by atoms with Crippen LogP contribution >= 0.6 is 22.7 Å². The van der Waals surface area contributed by atoms with Gasteiger partial charge in [-0.25, -0.2) is 0 Å². The molecular formula is C23H17BS2. The predicted octanol–water partition coefficient (Wildman–Crippen LogP) is 5.87. The molecule has 5 rings (SSSR count). The van der Waals surface area contributed by atoms with Gasteiger partial charge in [0.25, 0.3) is 0 Å². The Hall–Kier alpha value is -2.36. The van der Waals surface area contributed by atoms with Crippen LogP contribution in [0.4, 0.5) is 0 Å². The lowest BCUT2D eigenvalue weighted by molar-refractivity contribution is 1.68. The van der Waals surface area contributed by atoms with Gasteiger partial charge in [-0.3, -0.25) is 0 Å². The lowest BCUT2D eigenvalue weighted by Crippen LogP contribution is -2.41. The maximum absolute atomic E-state index is 2.38. The molecule has 26 heavy (non-hydrogen) atoms. The summed E-state index contributed by atoms with van der Waals surface area (Å²) in [5.41, 5.74) is 8.11. The lowest BCUT2D eigenvalue weighted by Gasteiger charge is -2.15. The van der Waals surface area contributed by atoms with Gasteiger partial charge in [-0.1, -0.05) is 78.4 Å². The van der Waals surface area contributed by atoms with E-state index in [2.05, 4.69) is 90.4 Å². The Morgan fingerprint density at radius 2 is 1.15 bits per heavy atom. The molecule has 0 unspecified atom stereocenters. The van der Waals surface area contributed by atoms with Crippen molar-refractivity contribution in [2.75, 3.05) is 0 Å². The molecule has 0 fully saturated rings. The van der Waals surface area contributed by atoms with E-state index >= 15 is 0 Å². The van der Waals surface area contributed by atoms with Gasteiger partial charge in [0, 0.05) is 9.75 Å². The van der Waals surface area contributed by atoms with Gasteiger partial charge in [-0.2, -0.15) is 0 Å². The standard InChI is InChI=1S/C23H17BS2/c1-24-20-14-18(22-4-2-12-25-22)10-8-16(20)6-7-17-9-11-19(15-21(17)24)23-5-3-13-26-23/h2-15H,1H3. The molecule has 1 aliphatic heterocycles. The SMILES string of the molecule is CB1c2cc(-c3cccs3)ccc2C=Cc2ccc(-c3cccs3)cc21. The Labute approximate surface area is 162 Å². The number of thiophene rings is 2. The van der Waals surface area contributed by atoms with Crippen LogP contribution in [-0.4, -0.2) is 6.71 Å². The van der Waals surface area contributed by atoms with E-state index in [-0.39, 0.29) is 0 Å². The zero-order valence-corrected chi connectivity index (χ0v) is 16.1. The van der Waals surface area contributed by atoms with Crippen LogP contribution < -0.4 is 10.9 Å². The second kappa shape index (κ2) is 6.42. The average Bonchev–Trinajstić information content (AvgIpc) is 3.37. The van der Waals surface area contributed by atoms with Crippen LogP contribution in [0.25, 0.3) is 33.0 Å². The van der Waals surface area contributed by atoms with Crippen LogP contribution in [0, 0.1) is 0 Å². The number of benzene rings is 2. The molecule has 1 aliphatic rings. The Bertz CT molecular complexity index is 1000. The number of fused-ring (bicyclic) bond motifs is 2. The summed E-state index contributed by atoms with van der Waals surface area (Å²) >= 11 is 3.61. The Morgan fingerprint density at radius 1 is 0.654 bits per heavy atom. The minimum absolute atomic E-state index is 0.370. The van der Waals surface area contributed by atoms with Gasteiger partial charge >= 0.3 is 0 Å². The molecule has 0 aliphatic carbocycles. The summed E-state index contributed by atoms with van der Waals surface area (Å²) < 4.78 is 0. The molecule has 124 valence electrons. The Balaban J connectivity index is 1.64. The van der Waals surface area contributed by atoms with Gasteiger partial charge < -0.3 is 0 Å². The van der Waals surface area contributed by atoms with E-state index in [1.165, 1.54) is 42.9 Å². The fraction of sp³-hybridized carbons (Fsp3) is 0.0435. The van der Waals surface area contributed by atoms with E-state index in [1.54, 1.807) is 22.7 Å². The number of rotatable bonds is 2. The third kappa shape index (κ3) is 2.68. The quantitative estimate of drug-likeness (QED) is 0.389. The van der Waals surface area contributed by atoms with Gasteiger partial charge in [-0.05, 0) is 45.1 Å². The van der Waals surface area contributed by atoms with E-state index in [0.717, 1.165) is 0 Å². The molecule has 0 radical (unpaired) electrons. The highest BCUT2D eigenvalue weighted by atomic mass is 32.1.